The van der Waals surface area contributed by atoms with E-state index in [1.54, 1.807) is 12.4 Å². The lowest BCUT2D eigenvalue weighted by Gasteiger charge is -2.34. The zero-order valence-electron chi connectivity index (χ0n) is 21.3. The lowest BCUT2D eigenvalue weighted by Crippen LogP contribution is -2.47. The number of anilines is 2. The molecule has 2 N–H and O–H groups in total. The Morgan fingerprint density at radius 3 is 1.47 bits per heavy atom. The first-order valence-electron chi connectivity index (χ1n) is 13.8. The molecule has 3 heterocycles. The lowest BCUT2D eigenvalue weighted by molar-refractivity contribution is -0.117. The minimum atomic E-state index is 0.0469. The molecule has 36 heavy (non-hydrogen) atoms. The number of nitrogens with zero attached hydrogens (tertiary/aromatic N) is 6. The van der Waals surface area contributed by atoms with Crippen LogP contribution in [0, 0.1) is 0 Å². The number of carbonyl (C=O) groups is 2. The molecular weight excluding hydrogens is 456 g/mol. The molecule has 3 aliphatic rings. The highest BCUT2D eigenvalue weighted by atomic mass is 16.2. The Hall–Kier alpha value is -2.72. The predicted octanol–water partition coefficient (Wildman–Crippen LogP) is 3.28. The monoisotopic (exact) mass is 496 g/mol. The van der Waals surface area contributed by atoms with E-state index in [1.165, 1.54) is 25.7 Å². The maximum absolute atomic E-state index is 12.6. The number of piperazine rings is 1. The molecule has 0 aromatic carbocycles. The van der Waals surface area contributed by atoms with Crippen LogP contribution in [0.4, 0.5) is 11.6 Å². The molecule has 0 spiro atoms. The SMILES string of the molecule is O=C(CCN1CCN(CCC(=O)Nc2ccnn2C2CCCC2)CC1)Nc1ccnn1C1CCCC1. The maximum Gasteiger partial charge on any atom is 0.226 e. The molecule has 5 rings (SSSR count). The van der Waals surface area contributed by atoms with E-state index in [2.05, 4.69) is 30.6 Å². The second kappa shape index (κ2) is 12.0. The second-order valence-electron chi connectivity index (χ2n) is 10.5. The summed E-state index contributed by atoms with van der Waals surface area (Å²) in [5.41, 5.74) is 0. The van der Waals surface area contributed by atoms with Crippen molar-refractivity contribution in [1.82, 2.24) is 29.4 Å². The number of aromatic nitrogens is 4. The Labute approximate surface area is 213 Å². The summed E-state index contributed by atoms with van der Waals surface area (Å²) >= 11 is 0. The van der Waals surface area contributed by atoms with Gasteiger partial charge in [0.2, 0.25) is 11.8 Å². The van der Waals surface area contributed by atoms with Gasteiger partial charge in [0, 0.05) is 64.2 Å². The second-order valence-corrected chi connectivity index (χ2v) is 10.5. The third kappa shape index (κ3) is 6.34. The first-order valence-corrected chi connectivity index (χ1v) is 13.8. The number of amides is 2. The van der Waals surface area contributed by atoms with Crippen LogP contribution >= 0.6 is 0 Å². The molecule has 2 saturated carbocycles. The van der Waals surface area contributed by atoms with Crippen LogP contribution in [0.1, 0.15) is 76.3 Å². The number of rotatable bonds is 10. The van der Waals surface area contributed by atoms with E-state index in [0.717, 1.165) is 76.6 Å². The normalized spacial score (nSPS) is 20.2. The summed E-state index contributed by atoms with van der Waals surface area (Å²) in [6, 6.07) is 4.63. The molecule has 0 unspecified atom stereocenters. The van der Waals surface area contributed by atoms with Gasteiger partial charge < -0.3 is 20.4 Å². The Balaban J connectivity index is 0.981. The van der Waals surface area contributed by atoms with Crippen LogP contribution in [0.3, 0.4) is 0 Å². The van der Waals surface area contributed by atoms with Crippen molar-refractivity contribution in [3.05, 3.63) is 24.5 Å². The highest BCUT2D eigenvalue weighted by Gasteiger charge is 2.23. The van der Waals surface area contributed by atoms with Gasteiger partial charge in [-0.1, -0.05) is 25.7 Å². The van der Waals surface area contributed by atoms with Gasteiger partial charge >= 0.3 is 0 Å². The summed E-state index contributed by atoms with van der Waals surface area (Å²) in [4.78, 5) is 29.8. The van der Waals surface area contributed by atoms with Crippen LogP contribution in [0.25, 0.3) is 0 Å². The summed E-state index contributed by atoms with van der Waals surface area (Å²) in [5, 5.41) is 15.0. The standard InChI is InChI=1S/C26H40N8O2/c35-25(29-23-9-13-27-33(23)21-5-1-2-6-21)11-15-31-17-19-32(20-18-31)16-12-26(36)30-24-10-14-28-34(24)22-7-3-4-8-22/h9-10,13-14,21-22H,1-8,11-12,15-20H2,(H,29,35)(H,30,36). The zero-order valence-corrected chi connectivity index (χ0v) is 21.3. The highest BCUT2D eigenvalue weighted by molar-refractivity contribution is 5.90. The van der Waals surface area contributed by atoms with E-state index in [4.69, 9.17) is 0 Å². The number of hydrogen-bond donors (Lipinski definition) is 2. The Kier molecular flexibility index (Phi) is 8.32. The zero-order chi connectivity index (χ0) is 24.7. The van der Waals surface area contributed by atoms with Gasteiger partial charge in [-0.05, 0) is 25.7 Å². The van der Waals surface area contributed by atoms with Crippen LogP contribution in [0.5, 0.6) is 0 Å². The van der Waals surface area contributed by atoms with Crippen molar-refractivity contribution in [1.29, 1.82) is 0 Å². The molecule has 1 saturated heterocycles. The molecule has 3 fully saturated rings. The van der Waals surface area contributed by atoms with Crippen molar-refractivity contribution >= 4 is 23.5 Å². The van der Waals surface area contributed by atoms with Crippen LogP contribution in [0.2, 0.25) is 0 Å². The molecule has 10 heteroatoms. The van der Waals surface area contributed by atoms with Gasteiger partial charge in [0.15, 0.2) is 0 Å². The van der Waals surface area contributed by atoms with Gasteiger partial charge in [-0.25, -0.2) is 9.36 Å². The summed E-state index contributed by atoms with van der Waals surface area (Å²) in [7, 11) is 0. The summed E-state index contributed by atoms with van der Waals surface area (Å²) < 4.78 is 3.98. The van der Waals surface area contributed by atoms with Crippen molar-refractivity contribution < 1.29 is 9.59 Å². The van der Waals surface area contributed by atoms with Crippen molar-refractivity contribution in [3.8, 4) is 0 Å². The third-order valence-electron chi connectivity index (χ3n) is 7.99. The molecule has 0 atom stereocenters. The molecular formula is C26H40N8O2. The Morgan fingerprint density at radius 2 is 1.08 bits per heavy atom. The van der Waals surface area contributed by atoms with E-state index in [-0.39, 0.29) is 11.8 Å². The first-order chi connectivity index (χ1) is 17.7. The number of hydrogen-bond acceptors (Lipinski definition) is 6. The highest BCUT2D eigenvalue weighted by Crippen LogP contribution is 2.32. The predicted molar refractivity (Wildman–Crippen MR) is 139 cm³/mol. The molecule has 2 aromatic rings. The van der Waals surface area contributed by atoms with E-state index < -0.39 is 0 Å². The number of nitrogens with one attached hydrogen (secondary N) is 2. The Morgan fingerprint density at radius 1 is 0.694 bits per heavy atom. The van der Waals surface area contributed by atoms with Crippen LogP contribution in [-0.2, 0) is 9.59 Å². The fraction of sp³-hybridized carbons (Fsp3) is 0.692. The average Bonchev–Trinajstić information content (AvgIpc) is 3.69. The first kappa shape index (κ1) is 25.0. The van der Waals surface area contributed by atoms with Gasteiger partial charge in [0.25, 0.3) is 0 Å². The van der Waals surface area contributed by atoms with Gasteiger partial charge in [-0.15, -0.1) is 0 Å². The maximum atomic E-state index is 12.6. The third-order valence-corrected chi connectivity index (χ3v) is 7.99. The molecule has 0 radical (unpaired) electrons. The van der Waals surface area contributed by atoms with E-state index in [1.807, 2.05) is 21.5 Å². The average molecular weight is 497 g/mol. The fourth-order valence-electron chi connectivity index (χ4n) is 5.87. The van der Waals surface area contributed by atoms with Crippen molar-refractivity contribution in [3.63, 3.8) is 0 Å². The van der Waals surface area contributed by atoms with Crippen molar-refractivity contribution in [2.45, 2.75) is 76.3 Å². The van der Waals surface area contributed by atoms with E-state index in [9.17, 15) is 9.59 Å². The summed E-state index contributed by atoms with van der Waals surface area (Å²) in [6.07, 6.45) is 14.0. The largest absolute Gasteiger partial charge is 0.311 e. The van der Waals surface area contributed by atoms with Crippen LogP contribution < -0.4 is 10.6 Å². The van der Waals surface area contributed by atoms with Gasteiger partial charge in [0.05, 0.1) is 24.5 Å². The topological polar surface area (TPSA) is 100 Å². The number of carbonyl (C=O) groups excluding carboxylic acids is 2. The summed E-state index contributed by atoms with van der Waals surface area (Å²) in [5.74, 6) is 1.74. The van der Waals surface area contributed by atoms with Gasteiger partial charge in [-0.2, -0.15) is 10.2 Å². The molecule has 0 bridgehead atoms. The molecule has 2 aliphatic carbocycles. The van der Waals surface area contributed by atoms with Crippen LogP contribution in [-0.4, -0.2) is 80.4 Å². The molecule has 196 valence electrons. The minimum Gasteiger partial charge on any atom is -0.311 e. The minimum absolute atomic E-state index is 0.0469. The van der Waals surface area contributed by atoms with Gasteiger partial charge in [0.1, 0.15) is 11.6 Å². The quantitative estimate of drug-likeness (QED) is 0.524. The molecule has 1 aliphatic heterocycles. The Bertz CT molecular complexity index is 917. The van der Waals surface area contributed by atoms with E-state index in [0.29, 0.717) is 24.9 Å². The molecule has 2 amide bonds. The fourth-order valence-corrected chi connectivity index (χ4v) is 5.87. The van der Waals surface area contributed by atoms with Crippen molar-refractivity contribution in [2.75, 3.05) is 49.9 Å². The van der Waals surface area contributed by atoms with Crippen molar-refractivity contribution in [2.24, 2.45) is 0 Å². The van der Waals surface area contributed by atoms with Crippen LogP contribution in [0.15, 0.2) is 24.5 Å². The summed E-state index contributed by atoms with van der Waals surface area (Å²) in [6.45, 7) is 5.19. The molecule has 2 aromatic heterocycles. The van der Waals surface area contributed by atoms with E-state index >= 15 is 0 Å². The lowest BCUT2D eigenvalue weighted by atomic mass is 10.2. The molecule has 10 nitrogen and oxygen atoms in total. The van der Waals surface area contributed by atoms with Gasteiger partial charge in [-0.3, -0.25) is 9.59 Å². The smallest absolute Gasteiger partial charge is 0.226 e.